The van der Waals surface area contributed by atoms with Crippen LogP contribution in [0.3, 0.4) is 0 Å². The first-order chi connectivity index (χ1) is 9.08. The van der Waals surface area contributed by atoms with Crippen molar-refractivity contribution in [1.29, 1.82) is 0 Å². The van der Waals surface area contributed by atoms with Crippen LogP contribution in [-0.4, -0.2) is 5.78 Å². The van der Waals surface area contributed by atoms with Crippen LogP contribution in [0.4, 0.5) is 0 Å². The molecular weight excluding hydrogens is 244 g/mol. The molecule has 112 valence electrons. The van der Waals surface area contributed by atoms with Crippen molar-refractivity contribution in [2.45, 2.75) is 67.7 Å². The minimum Gasteiger partial charge on any atom is -0.294 e. The second-order valence-corrected chi connectivity index (χ2v) is 8.30. The highest BCUT2D eigenvalue weighted by Crippen LogP contribution is 2.72. The van der Waals surface area contributed by atoms with E-state index in [1.807, 2.05) is 0 Å². The third kappa shape index (κ3) is 2.11. The van der Waals surface area contributed by atoms with Gasteiger partial charge in [0.25, 0.3) is 0 Å². The molecule has 2 atom stereocenters. The first kappa shape index (κ1) is 15.6. The molecule has 0 aliphatic heterocycles. The minimum atomic E-state index is -0.178. The van der Waals surface area contributed by atoms with Gasteiger partial charge >= 0.3 is 0 Å². The Balaban J connectivity index is 2.21. The maximum atomic E-state index is 12.2. The number of carbonyl (C=O) groups excluding carboxylic acids is 1. The number of hydrogen-bond donors (Lipinski definition) is 0. The molecule has 0 heterocycles. The zero-order chi connectivity index (χ0) is 15.3. The van der Waals surface area contributed by atoms with Gasteiger partial charge in [0, 0.05) is 11.5 Å². The fraction of sp³-hybridized carbons (Fsp3) is 0.789. The number of ketones is 1. The lowest BCUT2D eigenvalue weighted by molar-refractivity contribution is -0.123. The molecule has 2 aliphatic carbocycles. The molecule has 20 heavy (non-hydrogen) atoms. The Bertz CT molecular complexity index is 474. The van der Waals surface area contributed by atoms with E-state index in [1.54, 1.807) is 6.08 Å². The lowest BCUT2D eigenvalue weighted by atomic mass is 9.78. The summed E-state index contributed by atoms with van der Waals surface area (Å²) in [6.07, 6.45) is 4.65. The topological polar surface area (TPSA) is 17.1 Å². The van der Waals surface area contributed by atoms with Crippen molar-refractivity contribution < 1.29 is 4.79 Å². The second-order valence-electron chi connectivity index (χ2n) is 8.30. The molecular formula is C19H30O. The van der Waals surface area contributed by atoms with E-state index in [0.717, 1.165) is 19.3 Å². The van der Waals surface area contributed by atoms with Gasteiger partial charge in [-0.1, -0.05) is 48.5 Å². The van der Waals surface area contributed by atoms with Crippen LogP contribution in [-0.2, 0) is 4.79 Å². The van der Waals surface area contributed by atoms with Gasteiger partial charge in [-0.25, -0.2) is 0 Å². The molecule has 0 radical (unpaired) electrons. The molecule has 2 rings (SSSR count). The Morgan fingerprint density at radius 1 is 1.25 bits per heavy atom. The van der Waals surface area contributed by atoms with E-state index in [0.29, 0.717) is 22.7 Å². The fourth-order valence-corrected chi connectivity index (χ4v) is 4.35. The molecule has 1 heteroatoms. The van der Waals surface area contributed by atoms with E-state index in [9.17, 15) is 4.79 Å². The lowest BCUT2D eigenvalue weighted by Crippen LogP contribution is -2.24. The lowest BCUT2D eigenvalue weighted by Gasteiger charge is -2.25. The normalized spacial score (nSPS) is 33.5. The summed E-state index contributed by atoms with van der Waals surface area (Å²) in [6, 6.07) is 0. The smallest absolute Gasteiger partial charge is 0.169 e. The van der Waals surface area contributed by atoms with Crippen LogP contribution in [0.15, 0.2) is 17.4 Å². The summed E-state index contributed by atoms with van der Waals surface area (Å²) in [5.41, 5.74) is 5.33. The van der Waals surface area contributed by atoms with E-state index in [4.69, 9.17) is 0 Å². The van der Waals surface area contributed by atoms with Gasteiger partial charge in [-0.15, -0.1) is 5.73 Å². The minimum absolute atomic E-state index is 0.178. The average molecular weight is 274 g/mol. The van der Waals surface area contributed by atoms with Crippen LogP contribution in [0.1, 0.15) is 67.7 Å². The van der Waals surface area contributed by atoms with Gasteiger partial charge in [0.1, 0.15) is 0 Å². The summed E-state index contributed by atoms with van der Waals surface area (Å²) in [6.45, 7) is 16.0. The maximum Gasteiger partial charge on any atom is 0.169 e. The van der Waals surface area contributed by atoms with Crippen LogP contribution in [0.2, 0.25) is 0 Å². The molecule has 0 spiro atoms. The zero-order valence-electron chi connectivity index (χ0n) is 14.3. The summed E-state index contributed by atoms with van der Waals surface area (Å²) in [7, 11) is 0. The maximum absolute atomic E-state index is 12.2. The van der Waals surface area contributed by atoms with Crippen molar-refractivity contribution in [3.05, 3.63) is 17.4 Å². The molecule has 1 nitrogen and oxygen atoms in total. The quantitative estimate of drug-likeness (QED) is 0.649. The number of allylic oxidation sites excluding steroid dienone is 1. The van der Waals surface area contributed by atoms with Crippen LogP contribution in [0, 0.1) is 28.1 Å². The SMILES string of the molecule is CCC1(C)CCC(C(C)C2C(C)(C)C2(C)C)=C=CC1=O. The molecule has 0 amide bonds. The first-order valence-electron chi connectivity index (χ1n) is 8.08. The van der Waals surface area contributed by atoms with Gasteiger partial charge in [-0.3, -0.25) is 4.79 Å². The van der Waals surface area contributed by atoms with Crippen molar-refractivity contribution in [3.8, 4) is 0 Å². The van der Waals surface area contributed by atoms with Crippen molar-refractivity contribution in [2.24, 2.45) is 28.1 Å². The van der Waals surface area contributed by atoms with Gasteiger partial charge in [0.05, 0.1) is 0 Å². The molecule has 0 bridgehead atoms. The molecule has 0 N–H and O–H groups in total. The Labute approximate surface area is 124 Å². The third-order valence-electron chi connectivity index (χ3n) is 6.89. The largest absolute Gasteiger partial charge is 0.294 e. The molecule has 2 unspecified atom stereocenters. The molecule has 0 saturated heterocycles. The Kier molecular flexibility index (Phi) is 3.58. The van der Waals surface area contributed by atoms with Crippen LogP contribution in [0.5, 0.6) is 0 Å². The predicted molar refractivity (Wildman–Crippen MR) is 84.5 cm³/mol. The number of rotatable bonds is 3. The van der Waals surface area contributed by atoms with Gasteiger partial charge in [-0.2, -0.15) is 0 Å². The molecule has 0 aromatic heterocycles. The highest BCUT2D eigenvalue weighted by molar-refractivity contribution is 5.94. The van der Waals surface area contributed by atoms with Crippen LogP contribution < -0.4 is 0 Å². The number of hydrogen-bond acceptors (Lipinski definition) is 1. The van der Waals surface area contributed by atoms with Gasteiger partial charge < -0.3 is 0 Å². The monoisotopic (exact) mass is 274 g/mol. The van der Waals surface area contributed by atoms with E-state index in [-0.39, 0.29) is 11.2 Å². The molecule has 0 aromatic carbocycles. The Hall–Kier alpha value is -0.810. The van der Waals surface area contributed by atoms with Crippen molar-refractivity contribution in [3.63, 3.8) is 0 Å². The molecule has 2 aliphatic rings. The van der Waals surface area contributed by atoms with Crippen molar-refractivity contribution in [1.82, 2.24) is 0 Å². The van der Waals surface area contributed by atoms with E-state index < -0.39 is 0 Å². The second kappa shape index (κ2) is 4.60. The third-order valence-corrected chi connectivity index (χ3v) is 6.89. The van der Waals surface area contributed by atoms with Crippen LogP contribution in [0.25, 0.3) is 0 Å². The Morgan fingerprint density at radius 2 is 1.80 bits per heavy atom. The summed E-state index contributed by atoms with van der Waals surface area (Å²) in [4.78, 5) is 12.2. The predicted octanol–water partition coefficient (Wildman–Crippen LogP) is 5.17. The molecule has 0 aromatic rings. The fourth-order valence-electron chi connectivity index (χ4n) is 4.35. The Morgan fingerprint density at radius 3 is 2.25 bits per heavy atom. The first-order valence-corrected chi connectivity index (χ1v) is 8.08. The number of carbonyl (C=O) groups is 1. The van der Waals surface area contributed by atoms with Gasteiger partial charge in [-0.05, 0) is 47.5 Å². The standard InChI is InChI=1S/C19H30O/c1-8-19(7)12-11-14(9-10-15(19)20)13(2)16-17(3,4)18(16,5)6/h10,13,16H,8,11-12H2,1-7H3. The van der Waals surface area contributed by atoms with Gasteiger partial charge in [0.2, 0.25) is 0 Å². The van der Waals surface area contributed by atoms with Crippen LogP contribution >= 0.6 is 0 Å². The highest BCUT2D eigenvalue weighted by Gasteiger charge is 2.66. The van der Waals surface area contributed by atoms with E-state index in [2.05, 4.69) is 54.2 Å². The van der Waals surface area contributed by atoms with Crippen molar-refractivity contribution in [2.75, 3.05) is 0 Å². The summed E-state index contributed by atoms with van der Waals surface area (Å²) in [5.74, 6) is 1.49. The van der Waals surface area contributed by atoms with Crippen molar-refractivity contribution >= 4 is 5.78 Å². The zero-order valence-corrected chi connectivity index (χ0v) is 14.3. The average Bonchev–Trinajstić information content (AvgIpc) is 2.83. The van der Waals surface area contributed by atoms with E-state index >= 15 is 0 Å². The van der Waals surface area contributed by atoms with E-state index in [1.165, 1.54) is 5.57 Å². The highest BCUT2D eigenvalue weighted by atomic mass is 16.1. The summed E-state index contributed by atoms with van der Waals surface area (Å²) in [5, 5.41) is 0. The summed E-state index contributed by atoms with van der Waals surface area (Å²) >= 11 is 0. The molecule has 1 fully saturated rings. The molecule has 1 saturated carbocycles. The summed E-state index contributed by atoms with van der Waals surface area (Å²) < 4.78 is 0. The van der Waals surface area contributed by atoms with Gasteiger partial charge in [0.15, 0.2) is 5.78 Å².